The van der Waals surface area contributed by atoms with Crippen molar-refractivity contribution < 1.29 is 0 Å². The molecule has 0 aliphatic heterocycles. The van der Waals surface area contributed by atoms with Crippen LogP contribution in [0.4, 0.5) is 0 Å². The molecule has 1 unspecified atom stereocenters. The van der Waals surface area contributed by atoms with Crippen molar-refractivity contribution in [2.75, 3.05) is 0 Å². The van der Waals surface area contributed by atoms with Crippen LogP contribution in [0.3, 0.4) is 0 Å². The minimum atomic E-state index is 0.370. The number of hydrogen-bond donors (Lipinski definition) is 0. The van der Waals surface area contributed by atoms with Crippen molar-refractivity contribution in [3.63, 3.8) is 0 Å². The number of rotatable bonds is 4. The second-order valence-corrected chi connectivity index (χ2v) is 8.15. The molecule has 116 valence electrons. The average Bonchev–Trinajstić information content (AvgIpc) is 2.44. The van der Waals surface area contributed by atoms with Crippen LogP contribution in [-0.2, 0) is 0 Å². The van der Waals surface area contributed by atoms with Gasteiger partial charge in [0, 0.05) is 0 Å². The predicted octanol–water partition coefficient (Wildman–Crippen LogP) is 6.62. The van der Waals surface area contributed by atoms with Gasteiger partial charge in [0.05, 0.1) is 0 Å². The minimum Gasteiger partial charge on any atom is -0.0955 e. The van der Waals surface area contributed by atoms with Gasteiger partial charge in [-0.2, -0.15) is 0 Å². The fourth-order valence-corrected chi connectivity index (χ4v) is 3.90. The summed E-state index contributed by atoms with van der Waals surface area (Å²) in [5.74, 6) is 0.694. The highest BCUT2D eigenvalue weighted by Crippen LogP contribution is 2.55. The third-order valence-corrected chi connectivity index (χ3v) is 5.69. The Hall–Kier alpha value is -1.04. The fraction of sp³-hybridized carbons (Fsp3) is 0.619. The average molecular weight is 284 g/mol. The van der Waals surface area contributed by atoms with E-state index in [9.17, 15) is 0 Å². The van der Waals surface area contributed by atoms with Gasteiger partial charge < -0.3 is 0 Å². The summed E-state index contributed by atoms with van der Waals surface area (Å²) in [4.78, 5) is 0. The first-order chi connectivity index (χ1) is 9.78. The Morgan fingerprint density at radius 2 is 1.95 bits per heavy atom. The van der Waals surface area contributed by atoms with Crippen LogP contribution in [0.15, 0.2) is 47.6 Å². The summed E-state index contributed by atoms with van der Waals surface area (Å²) in [6.07, 6.45) is 15.2. The van der Waals surface area contributed by atoms with Crippen LogP contribution in [0.25, 0.3) is 0 Å². The second-order valence-electron chi connectivity index (χ2n) is 8.15. The molecule has 0 aromatic carbocycles. The highest BCUT2D eigenvalue weighted by atomic mass is 14.5. The van der Waals surface area contributed by atoms with Gasteiger partial charge in [-0.1, -0.05) is 69.7 Å². The van der Waals surface area contributed by atoms with E-state index in [1.165, 1.54) is 30.4 Å². The summed E-state index contributed by atoms with van der Waals surface area (Å²) in [5, 5.41) is 0. The molecule has 0 radical (unpaired) electrons. The third kappa shape index (κ3) is 3.42. The maximum Gasteiger partial charge on any atom is -0.0103 e. The van der Waals surface area contributed by atoms with Gasteiger partial charge in [0.15, 0.2) is 0 Å². The number of hydrogen-bond acceptors (Lipinski definition) is 0. The van der Waals surface area contributed by atoms with E-state index in [1.807, 2.05) is 0 Å². The molecule has 0 spiro atoms. The Bertz CT molecular complexity index is 494. The molecule has 2 rings (SSSR count). The SMILES string of the molecule is C=C(CC/C=C\C)C1=CC=C2C(C1)C(C)(C)CCC2(C)C. The topological polar surface area (TPSA) is 0 Å². The van der Waals surface area contributed by atoms with Crippen LogP contribution >= 0.6 is 0 Å². The maximum atomic E-state index is 4.34. The van der Waals surface area contributed by atoms with E-state index in [4.69, 9.17) is 0 Å². The molecule has 0 nitrogen and oxygen atoms in total. The Morgan fingerprint density at radius 3 is 2.62 bits per heavy atom. The van der Waals surface area contributed by atoms with Gasteiger partial charge >= 0.3 is 0 Å². The van der Waals surface area contributed by atoms with Crippen LogP contribution < -0.4 is 0 Å². The first kappa shape index (κ1) is 16.3. The fourth-order valence-electron chi connectivity index (χ4n) is 3.90. The monoisotopic (exact) mass is 284 g/mol. The molecule has 2 aliphatic rings. The molecule has 0 saturated heterocycles. The molecular weight excluding hydrogens is 252 g/mol. The van der Waals surface area contributed by atoms with Gasteiger partial charge in [-0.25, -0.2) is 0 Å². The van der Waals surface area contributed by atoms with Gasteiger partial charge in [0.1, 0.15) is 0 Å². The van der Waals surface area contributed by atoms with E-state index in [0.29, 0.717) is 16.7 Å². The molecule has 0 amide bonds. The van der Waals surface area contributed by atoms with Crippen LogP contribution in [0.2, 0.25) is 0 Å². The van der Waals surface area contributed by atoms with Crippen LogP contribution in [0.5, 0.6) is 0 Å². The Labute approximate surface area is 131 Å². The lowest BCUT2D eigenvalue weighted by atomic mass is 9.55. The molecule has 0 bridgehead atoms. The van der Waals surface area contributed by atoms with Crippen LogP contribution in [0, 0.1) is 16.7 Å². The lowest BCUT2D eigenvalue weighted by molar-refractivity contribution is 0.122. The molecule has 0 aromatic rings. The molecule has 2 aliphatic carbocycles. The molecule has 0 heterocycles. The summed E-state index contributed by atoms with van der Waals surface area (Å²) in [6, 6.07) is 0. The first-order valence-electron chi connectivity index (χ1n) is 8.48. The van der Waals surface area contributed by atoms with Crippen LogP contribution in [-0.4, -0.2) is 0 Å². The Balaban J connectivity index is 2.20. The van der Waals surface area contributed by atoms with E-state index < -0.39 is 0 Å². The van der Waals surface area contributed by atoms with E-state index in [-0.39, 0.29) is 0 Å². The standard InChI is InChI=1S/C21H32/c1-7-8-9-10-16(2)17-11-12-18-19(15-17)21(5,6)14-13-20(18,3)4/h7-8,11-12,19H,2,9-10,13-15H2,1,3-6H3/b8-7-. The zero-order chi connectivity index (χ0) is 15.7. The van der Waals surface area contributed by atoms with Gasteiger partial charge in [0.2, 0.25) is 0 Å². The molecule has 0 N–H and O–H groups in total. The van der Waals surface area contributed by atoms with Crippen molar-refractivity contribution in [1.29, 1.82) is 0 Å². The van der Waals surface area contributed by atoms with E-state index in [0.717, 1.165) is 12.8 Å². The molecule has 1 saturated carbocycles. The zero-order valence-corrected chi connectivity index (χ0v) is 14.6. The smallest absolute Gasteiger partial charge is 0.0103 e. The van der Waals surface area contributed by atoms with Crippen LogP contribution in [0.1, 0.15) is 66.7 Å². The Morgan fingerprint density at radius 1 is 1.24 bits per heavy atom. The largest absolute Gasteiger partial charge is 0.0955 e. The quantitative estimate of drug-likeness (QED) is 0.509. The van der Waals surface area contributed by atoms with E-state index in [2.05, 4.69) is 65.5 Å². The molecular formula is C21H32. The van der Waals surface area contributed by atoms with E-state index in [1.54, 1.807) is 5.57 Å². The van der Waals surface area contributed by atoms with Crippen molar-refractivity contribution in [2.24, 2.45) is 16.7 Å². The Kier molecular flexibility index (Phi) is 4.66. The van der Waals surface area contributed by atoms with Crippen molar-refractivity contribution in [1.82, 2.24) is 0 Å². The maximum absolute atomic E-state index is 4.34. The highest BCUT2D eigenvalue weighted by molar-refractivity contribution is 5.41. The highest BCUT2D eigenvalue weighted by Gasteiger charge is 2.44. The summed E-state index contributed by atoms with van der Waals surface area (Å²) in [5.41, 5.74) is 5.28. The molecule has 1 fully saturated rings. The van der Waals surface area contributed by atoms with Gasteiger partial charge in [0.25, 0.3) is 0 Å². The van der Waals surface area contributed by atoms with E-state index >= 15 is 0 Å². The molecule has 1 atom stereocenters. The predicted molar refractivity (Wildman–Crippen MR) is 94.3 cm³/mol. The number of allylic oxidation sites excluding steroid dienone is 7. The van der Waals surface area contributed by atoms with Gasteiger partial charge in [-0.3, -0.25) is 0 Å². The lowest BCUT2D eigenvalue weighted by Crippen LogP contribution is -2.39. The summed E-state index contributed by atoms with van der Waals surface area (Å²) < 4.78 is 0. The minimum absolute atomic E-state index is 0.370. The lowest BCUT2D eigenvalue weighted by Gasteiger charge is -2.50. The molecule has 21 heavy (non-hydrogen) atoms. The van der Waals surface area contributed by atoms with Crippen molar-refractivity contribution >= 4 is 0 Å². The normalized spacial score (nSPS) is 27.0. The third-order valence-electron chi connectivity index (χ3n) is 5.69. The van der Waals surface area contributed by atoms with Crippen molar-refractivity contribution in [3.8, 4) is 0 Å². The summed E-state index contributed by atoms with van der Waals surface area (Å²) in [6.45, 7) is 16.2. The molecule has 0 aromatic heterocycles. The molecule has 0 heteroatoms. The van der Waals surface area contributed by atoms with Gasteiger partial charge in [-0.15, -0.1) is 0 Å². The van der Waals surface area contributed by atoms with Crippen molar-refractivity contribution in [2.45, 2.75) is 66.7 Å². The van der Waals surface area contributed by atoms with Gasteiger partial charge in [-0.05, 0) is 61.3 Å². The summed E-state index contributed by atoms with van der Waals surface area (Å²) in [7, 11) is 0. The second kappa shape index (κ2) is 5.99. The summed E-state index contributed by atoms with van der Waals surface area (Å²) >= 11 is 0. The van der Waals surface area contributed by atoms with Crippen molar-refractivity contribution in [3.05, 3.63) is 47.6 Å². The number of fused-ring (bicyclic) bond motifs is 1. The first-order valence-corrected chi connectivity index (χ1v) is 8.48. The zero-order valence-electron chi connectivity index (χ0n) is 14.6.